The predicted molar refractivity (Wildman–Crippen MR) is 69.3 cm³/mol. The van der Waals surface area contributed by atoms with Crippen LogP contribution in [0, 0.1) is 5.41 Å². The normalized spacial score (nSPS) is 45.9. The molecule has 3 rings (SSSR count). The zero-order valence-electron chi connectivity index (χ0n) is 11.4. The van der Waals surface area contributed by atoms with Crippen LogP contribution in [-0.2, 0) is 9.53 Å². The molecule has 2 fully saturated rings. The van der Waals surface area contributed by atoms with E-state index < -0.39 is 29.2 Å². The Morgan fingerprint density at radius 1 is 1.42 bits per heavy atom. The van der Waals surface area contributed by atoms with Crippen molar-refractivity contribution < 1.29 is 19.7 Å². The Labute approximate surface area is 112 Å². The van der Waals surface area contributed by atoms with Crippen molar-refractivity contribution in [3.8, 4) is 0 Å². The van der Waals surface area contributed by atoms with Gasteiger partial charge in [0.2, 0.25) is 0 Å². The molecule has 3 aliphatic rings. The summed E-state index contributed by atoms with van der Waals surface area (Å²) in [6.45, 7) is 7.69. The van der Waals surface area contributed by atoms with Gasteiger partial charge in [0.25, 0.3) is 0 Å². The third kappa shape index (κ3) is 1.44. The van der Waals surface area contributed by atoms with Crippen molar-refractivity contribution >= 4 is 5.97 Å². The minimum atomic E-state index is -1.29. The molecule has 0 amide bonds. The minimum Gasteiger partial charge on any atom is -0.451 e. The lowest BCUT2D eigenvalue weighted by molar-refractivity contribution is -0.143. The molecule has 19 heavy (non-hydrogen) atoms. The second-order valence-electron chi connectivity index (χ2n) is 6.35. The second kappa shape index (κ2) is 3.70. The number of allylic oxidation sites excluding steroid dienone is 1. The maximum absolute atomic E-state index is 11.7. The number of fused-ring (bicyclic) bond motifs is 3. The first-order valence-electron chi connectivity index (χ1n) is 6.81. The molecule has 2 N–H and O–H groups in total. The van der Waals surface area contributed by atoms with Crippen molar-refractivity contribution in [3.63, 3.8) is 0 Å². The van der Waals surface area contributed by atoms with E-state index in [2.05, 4.69) is 6.58 Å². The van der Waals surface area contributed by atoms with E-state index in [-0.39, 0.29) is 5.57 Å². The summed E-state index contributed by atoms with van der Waals surface area (Å²) in [5, 5.41) is 21.1. The average molecular weight is 264 g/mol. The molecule has 1 saturated heterocycles. The zero-order valence-corrected chi connectivity index (χ0v) is 11.4. The van der Waals surface area contributed by atoms with Gasteiger partial charge in [-0.1, -0.05) is 19.1 Å². The molecule has 1 heterocycles. The summed E-state index contributed by atoms with van der Waals surface area (Å²) in [6, 6.07) is 0. The number of hydrogen-bond acceptors (Lipinski definition) is 4. The lowest BCUT2D eigenvalue weighted by Crippen LogP contribution is -2.54. The van der Waals surface area contributed by atoms with E-state index in [1.807, 2.05) is 13.8 Å². The topological polar surface area (TPSA) is 66.8 Å². The highest BCUT2D eigenvalue weighted by atomic mass is 16.6. The molecule has 1 saturated carbocycles. The molecule has 0 aromatic rings. The molecular weight excluding hydrogens is 244 g/mol. The second-order valence-corrected chi connectivity index (χ2v) is 6.35. The molecule has 2 aliphatic carbocycles. The molecule has 104 valence electrons. The van der Waals surface area contributed by atoms with Gasteiger partial charge in [-0.05, 0) is 38.2 Å². The van der Waals surface area contributed by atoms with Gasteiger partial charge in [-0.2, -0.15) is 0 Å². The van der Waals surface area contributed by atoms with E-state index in [1.165, 1.54) is 0 Å². The highest BCUT2D eigenvalue weighted by Gasteiger charge is 2.61. The van der Waals surface area contributed by atoms with Crippen LogP contribution in [0.15, 0.2) is 23.3 Å². The summed E-state index contributed by atoms with van der Waals surface area (Å²) in [6.07, 6.45) is 1.45. The summed E-state index contributed by atoms with van der Waals surface area (Å²) >= 11 is 0. The number of carbonyl (C=O) groups is 1. The predicted octanol–water partition coefficient (Wildman–Crippen LogP) is 1.47. The van der Waals surface area contributed by atoms with E-state index in [0.29, 0.717) is 12.8 Å². The first-order chi connectivity index (χ1) is 8.80. The Morgan fingerprint density at radius 2 is 2.11 bits per heavy atom. The van der Waals surface area contributed by atoms with Crippen LogP contribution in [-0.4, -0.2) is 34.0 Å². The summed E-state index contributed by atoms with van der Waals surface area (Å²) in [4.78, 5) is 11.7. The number of esters is 1. The first-order valence-corrected chi connectivity index (χ1v) is 6.81. The lowest BCUT2D eigenvalue weighted by atomic mass is 9.57. The number of carbonyl (C=O) groups excluding carboxylic acids is 1. The van der Waals surface area contributed by atoms with Crippen LogP contribution in [0.2, 0.25) is 0 Å². The van der Waals surface area contributed by atoms with Crippen molar-refractivity contribution in [2.45, 2.75) is 57.3 Å². The van der Waals surface area contributed by atoms with Gasteiger partial charge in [-0.25, -0.2) is 4.79 Å². The molecule has 0 aromatic carbocycles. The molecule has 0 radical (unpaired) electrons. The standard InChI is InChI=1S/C15H20O4/c1-8-4-5-10(16)14(3)6-7-15(18)9(2)13(17)19-12(15)11(8)14/h10,12,16,18H,2,4-7H2,1,3H3/t10?,12-,14-,15+/m0/s1. The van der Waals surface area contributed by atoms with Crippen LogP contribution in [0.4, 0.5) is 0 Å². The van der Waals surface area contributed by atoms with Gasteiger partial charge in [-0.3, -0.25) is 0 Å². The van der Waals surface area contributed by atoms with Crippen molar-refractivity contribution in [2.24, 2.45) is 5.41 Å². The maximum atomic E-state index is 11.7. The van der Waals surface area contributed by atoms with Gasteiger partial charge in [0.15, 0.2) is 6.10 Å². The van der Waals surface area contributed by atoms with E-state index >= 15 is 0 Å². The summed E-state index contributed by atoms with van der Waals surface area (Å²) < 4.78 is 5.38. The Bertz CT molecular complexity index is 506. The Hall–Kier alpha value is -1.13. The third-order valence-corrected chi connectivity index (χ3v) is 5.32. The quantitative estimate of drug-likeness (QED) is 0.395. The van der Waals surface area contributed by atoms with Gasteiger partial charge < -0.3 is 14.9 Å². The van der Waals surface area contributed by atoms with E-state index in [0.717, 1.165) is 24.0 Å². The van der Waals surface area contributed by atoms with Gasteiger partial charge in [0.05, 0.1) is 11.7 Å². The average Bonchev–Trinajstić information content (AvgIpc) is 2.58. The molecule has 1 unspecified atom stereocenters. The van der Waals surface area contributed by atoms with Crippen LogP contribution in [0.5, 0.6) is 0 Å². The SMILES string of the molecule is C=C1C(=O)O[C@H]2C3=C(C)CCC(O)[C@]3(C)CC[C@@]12O. The molecule has 1 aliphatic heterocycles. The van der Waals surface area contributed by atoms with E-state index in [1.54, 1.807) is 0 Å². The third-order valence-electron chi connectivity index (χ3n) is 5.32. The fraction of sp³-hybridized carbons (Fsp3) is 0.667. The van der Waals surface area contributed by atoms with Crippen LogP contribution >= 0.6 is 0 Å². The van der Waals surface area contributed by atoms with Crippen molar-refractivity contribution in [2.75, 3.05) is 0 Å². The fourth-order valence-corrected chi connectivity index (χ4v) is 3.94. The monoisotopic (exact) mass is 264 g/mol. The molecule has 4 atom stereocenters. The number of aliphatic hydroxyl groups is 2. The zero-order chi connectivity index (χ0) is 14.0. The van der Waals surface area contributed by atoms with Crippen LogP contribution in [0.25, 0.3) is 0 Å². The van der Waals surface area contributed by atoms with Gasteiger partial charge in [0, 0.05) is 5.41 Å². The molecule has 4 nitrogen and oxygen atoms in total. The van der Waals surface area contributed by atoms with Crippen molar-refractivity contribution in [1.29, 1.82) is 0 Å². The molecule has 0 aromatic heterocycles. The Balaban J connectivity index is 2.14. The number of ether oxygens (including phenoxy) is 1. The minimum absolute atomic E-state index is 0.153. The lowest BCUT2D eigenvalue weighted by Gasteiger charge is -2.50. The highest BCUT2D eigenvalue weighted by Crippen LogP contribution is 2.56. The van der Waals surface area contributed by atoms with Gasteiger partial charge >= 0.3 is 5.97 Å². The fourth-order valence-electron chi connectivity index (χ4n) is 3.94. The van der Waals surface area contributed by atoms with E-state index in [4.69, 9.17) is 4.74 Å². The largest absolute Gasteiger partial charge is 0.451 e. The van der Waals surface area contributed by atoms with Gasteiger partial charge in [-0.15, -0.1) is 0 Å². The number of rotatable bonds is 0. The first kappa shape index (κ1) is 12.9. The molecule has 0 bridgehead atoms. The Morgan fingerprint density at radius 3 is 2.79 bits per heavy atom. The smallest absolute Gasteiger partial charge is 0.337 e. The maximum Gasteiger partial charge on any atom is 0.337 e. The van der Waals surface area contributed by atoms with Crippen LogP contribution < -0.4 is 0 Å². The number of aliphatic hydroxyl groups excluding tert-OH is 1. The summed E-state index contributed by atoms with van der Waals surface area (Å²) in [5.41, 5.74) is 0.499. The molecule has 4 heteroatoms. The van der Waals surface area contributed by atoms with E-state index in [9.17, 15) is 15.0 Å². The van der Waals surface area contributed by atoms with Crippen LogP contribution in [0.1, 0.15) is 39.5 Å². The summed E-state index contributed by atoms with van der Waals surface area (Å²) in [5.74, 6) is -0.517. The summed E-state index contributed by atoms with van der Waals surface area (Å²) in [7, 11) is 0. The molecular formula is C15H20O4. The van der Waals surface area contributed by atoms with Crippen molar-refractivity contribution in [1.82, 2.24) is 0 Å². The number of hydrogen-bond donors (Lipinski definition) is 2. The van der Waals surface area contributed by atoms with Crippen molar-refractivity contribution in [3.05, 3.63) is 23.3 Å². The highest BCUT2D eigenvalue weighted by molar-refractivity contribution is 5.93. The van der Waals surface area contributed by atoms with Crippen LogP contribution in [0.3, 0.4) is 0 Å². The molecule has 0 spiro atoms. The Kier molecular flexibility index (Phi) is 2.51. The van der Waals surface area contributed by atoms with Gasteiger partial charge in [0.1, 0.15) is 5.60 Å².